The Kier molecular flexibility index (Phi) is 7.21. The van der Waals surface area contributed by atoms with E-state index in [-0.39, 0.29) is 29.6 Å². The van der Waals surface area contributed by atoms with Crippen LogP contribution in [0.15, 0.2) is 53.4 Å². The molecule has 1 atom stereocenters. The molecule has 0 aromatic heterocycles. The van der Waals surface area contributed by atoms with E-state index in [2.05, 4.69) is 5.32 Å². The highest BCUT2D eigenvalue weighted by Gasteiger charge is 2.29. The third-order valence-electron chi connectivity index (χ3n) is 4.10. The lowest BCUT2D eigenvalue weighted by atomic mass is 10.1. The summed E-state index contributed by atoms with van der Waals surface area (Å²) in [6.07, 6.45) is 0.102. The Hall–Kier alpha value is -2.12. The van der Waals surface area contributed by atoms with Gasteiger partial charge in [0.1, 0.15) is 11.1 Å². The molecule has 5 nitrogen and oxygen atoms in total. The van der Waals surface area contributed by atoms with Gasteiger partial charge in [-0.3, -0.25) is 4.79 Å². The van der Waals surface area contributed by atoms with Gasteiger partial charge < -0.3 is 10.2 Å². The van der Waals surface area contributed by atoms with Gasteiger partial charge in [0, 0.05) is 38.6 Å². The van der Waals surface area contributed by atoms with Gasteiger partial charge in [-0.2, -0.15) is 0 Å². The molecule has 2 rings (SSSR count). The molecule has 2 aromatic carbocycles. The average molecular weight is 413 g/mol. The number of amides is 1. The van der Waals surface area contributed by atoms with E-state index < -0.39 is 20.9 Å². The minimum atomic E-state index is -3.84. The predicted octanol–water partition coefficient (Wildman–Crippen LogP) is 3.15. The van der Waals surface area contributed by atoms with Gasteiger partial charge in [0.25, 0.3) is 0 Å². The highest BCUT2D eigenvalue weighted by atomic mass is 35.5. The van der Waals surface area contributed by atoms with Gasteiger partial charge in [-0.25, -0.2) is 12.8 Å². The van der Waals surface area contributed by atoms with Crippen molar-refractivity contribution in [1.82, 2.24) is 5.32 Å². The second-order valence-corrected chi connectivity index (χ2v) is 8.73. The topological polar surface area (TPSA) is 66.5 Å². The van der Waals surface area contributed by atoms with Crippen LogP contribution in [0.5, 0.6) is 0 Å². The summed E-state index contributed by atoms with van der Waals surface area (Å²) in [4.78, 5) is 13.7. The highest BCUT2D eigenvalue weighted by molar-refractivity contribution is 7.91. The normalized spacial score (nSPS) is 12.4. The van der Waals surface area contributed by atoms with Gasteiger partial charge in [0.2, 0.25) is 5.91 Å². The van der Waals surface area contributed by atoms with Crippen molar-refractivity contribution in [1.29, 1.82) is 0 Å². The average Bonchev–Trinajstić information content (AvgIpc) is 2.62. The minimum Gasteiger partial charge on any atom is -0.378 e. The largest absolute Gasteiger partial charge is 0.378 e. The van der Waals surface area contributed by atoms with Crippen LogP contribution in [0.1, 0.15) is 17.2 Å². The van der Waals surface area contributed by atoms with Crippen molar-refractivity contribution in [3.05, 3.63) is 59.9 Å². The lowest BCUT2D eigenvalue weighted by Crippen LogP contribution is -2.32. The quantitative estimate of drug-likeness (QED) is 0.534. The molecule has 0 radical (unpaired) electrons. The third-order valence-corrected chi connectivity index (χ3v) is 6.41. The van der Waals surface area contributed by atoms with Crippen LogP contribution in [-0.4, -0.2) is 40.8 Å². The molecule has 8 heteroatoms. The molecule has 0 aliphatic rings. The fourth-order valence-electron chi connectivity index (χ4n) is 2.56. The van der Waals surface area contributed by atoms with Crippen LogP contribution < -0.4 is 10.2 Å². The first-order chi connectivity index (χ1) is 12.8. The van der Waals surface area contributed by atoms with Crippen LogP contribution in [0.2, 0.25) is 0 Å². The summed E-state index contributed by atoms with van der Waals surface area (Å²) < 4.78 is 39.4. The molecule has 146 valence electrons. The summed E-state index contributed by atoms with van der Waals surface area (Å²) in [7, 11) is -0.0764. The van der Waals surface area contributed by atoms with Crippen LogP contribution in [0.4, 0.5) is 10.1 Å². The van der Waals surface area contributed by atoms with Crippen molar-refractivity contribution in [2.75, 3.05) is 31.4 Å². The second kappa shape index (κ2) is 9.19. The Labute approximate surface area is 164 Å². The van der Waals surface area contributed by atoms with Crippen molar-refractivity contribution < 1.29 is 17.6 Å². The molecule has 27 heavy (non-hydrogen) atoms. The SMILES string of the molecule is CN(C)c1ccc([C@@H](CNC(=O)CCCl)S(=O)(=O)c2ccc(F)cc2)cc1. The van der Waals surface area contributed by atoms with Crippen LogP contribution in [-0.2, 0) is 14.6 Å². The second-order valence-electron chi connectivity index (χ2n) is 6.22. The number of nitrogens with one attached hydrogen (secondary N) is 1. The van der Waals surface area contributed by atoms with E-state index in [4.69, 9.17) is 11.6 Å². The number of halogens is 2. The monoisotopic (exact) mass is 412 g/mol. The number of hydrogen-bond acceptors (Lipinski definition) is 4. The Morgan fingerprint density at radius 3 is 2.22 bits per heavy atom. The number of nitrogens with zero attached hydrogens (tertiary/aromatic N) is 1. The maximum atomic E-state index is 13.2. The Balaban J connectivity index is 2.39. The van der Waals surface area contributed by atoms with Gasteiger partial charge in [-0.1, -0.05) is 12.1 Å². The van der Waals surface area contributed by atoms with Crippen LogP contribution in [0, 0.1) is 5.82 Å². The number of carbonyl (C=O) groups excluding carboxylic acids is 1. The van der Waals surface area contributed by atoms with Crippen molar-refractivity contribution in [3.8, 4) is 0 Å². The van der Waals surface area contributed by atoms with E-state index in [1.165, 1.54) is 12.1 Å². The number of sulfone groups is 1. The first-order valence-electron chi connectivity index (χ1n) is 8.35. The molecule has 0 saturated heterocycles. The number of anilines is 1. The van der Waals surface area contributed by atoms with Gasteiger partial charge in [-0.15, -0.1) is 11.6 Å². The molecule has 0 bridgehead atoms. The summed E-state index contributed by atoms with van der Waals surface area (Å²) in [6, 6.07) is 11.7. The molecule has 1 amide bonds. The lowest BCUT2D eigenvalue weighted by Gasteiger charge is -2.20. The summed E-state index contributed by atoms with van der Waals surface area (Å²) in [5.41, 5.74) is 1.46. The first-order valence-corrected chi connectivity index (χ1v) is 10.4. The van der Waals surface area contributed by atoms with E-state index in [1.807, 2.05) is 31.1 Å². The summed E-state index contributed by atoms with van der Waals surface area (Å²) in [6.45, 7) is -0.100. The van der Waals surface area contributed by atoms with Gasteiger partial charge in [0.05, 0.1) is 4.90 Å². The number of alkyl halides is 1. The number of rotatable bonds is 8. The number of benzene rings is 2. The maximum Gasteiger partial charge on any atom is 0.221 e. The van der Waals surface area contributed by atoms with Crippen LogP contribution in [0.25, 0.3) is 0 Å². The molecule has 2 aromatic rings. The predicted molar refractivity (Wildman–Crippen MR) is 105 cm³/mol. The molecule has 0 aliphatic carbocycles. The van der Waals surface area contributed by atoms with E-state index in [9.17, 15) is 17.6 Å². The lowest BCUT2D eigenvalue weighted by molar-refractivity contribution is -0.120. The molecule has 0 unspecified atom stereocenters. The zero-order valence-electron chi connectivity index (χ0n) is 15.2. The molecular weight excluding hydrogens is 391 g/mol. The molecule has 0 fully saturated rings. The van der Waals surface area contributed by atoms with Crippen molar-refractivity contribution in [2.24, 2.45) is 0 Å². The van der Waals surface area contributed by atoms with Crippen LogP contribution in [0.3, 0.4) is 0 Å². The smallest absolute Gasteiger partial charge is 0.221 e. The van der Waals surface area contributed by atoms with E-state index in [0.29, 0.717) is 5.56 Å². The van der Waals surface area contributed by atoms with Crippen LogP contribution >= 0.6 is 11.6 Å². The Bertz CT molecular complexity index is 869. The zero-order valence-corrected chi connectivity index (χ0v) is 16.7. The highest BCUT2D eigenvalue weighted by Crippen LogP contribution is 2.30. The molecule has 0 heterocycles. The van der Waals surface area contributed by atoms with Gasteiger partial charge >= 0.3 is 0 Å². The molecular formula is C19H22ClFN2O3S. The summed E-state index contributed by atoms with van der Waals surface area (Å²) in [5.74, 6) is -0.691. The first kappa shape index (κ1) is 21.2. The maximum absolute atomic E-state index is 13.2. The molecule has 0 spiro atoms. The van der Waals surface area contributed by atoms with E-state index in [0.717, 1.165) is 17.8 Å². The van der Waals surface area contributed by atoms with E-state index in [1.54, 1.807) is 12.1 Å². The Morgan fingerprint density at radius 1 is 1.11 bits per heavy atom. The molecule has 0 aliphatic heterocycles. The van der Waals surface area contributed by atoms with Gasteiger partial charge in [-0.05, 0) is 42.0 Å². The third kappa shape index (κ3) is 5.43. The molecule has 1 N–H and O–H groups in total. The number of hydrogen-bond donors (Lipinski definition) is 1. The number of carbonyl (C=O) groups is 1. The zero-order chi connectivity index (χ0) is 20.0. The standard InChI is InChI=1S/C19H22ClFN2O3S/c1-23(2)16-7-3-14(4-8-16)18(13-22-19(24)11-12-20)27(25,26)17-9-5-15(21)6-10-17/h3-10,18H,11-13H2,1-2H3,(H,22,24)/t18-/m1/s1. The fourth-order valence-corrected chi connectivity index (χ4v) is 4.40. The van der Waals surface area contributed by atoms with Gasteiger partial charge in [0.15, 0.2) is 9.84 Å². The minimum absolute atomic E-state index is 0.00261. The summed E-state index contributed by atoms with van der Waals surface area (Å²) >= 11 is 5.56. The van der Waals surface area contributed by atoms with E-state index >= 15 is 0 Å². The summed E-state index contributed by atoms with van der Waals surface area (Å²) in [5, 5.41) is 1.62. The van der Waals surface area contributed by atoms with Crippen molar-refractivity contribution >= 4 is 33.0 Å². The fraction of sp³-hybridized carbons (Fsp3) is 0.316. The molecule has 0 saturated carbocycles. The van der Waals surface area contributed by atoms with Crippen molar-refractivity contribution in [3.63, 3.8) is 0 Å². The Morgan fingerprint density at radius 2 is 1.70 bits per heavy atom. The van der Waals surface area contributed by atoms with Crippen molar-refractivity contribution in [2.45, 2.75) is 16.6 Å².